The molecule has 40 valence electrons. The minimum Gasteiger partial charge on any atom is -0.210 e. The number of halogens is 4. The molecule has 0 saturated heterocycles. The first-order valence-corrected chi connectivity index (χ1v) is 0.885. The molecule has 0 aliphatic heterocycles. The van der Waals surface area contributed by atoms with Gasteiger partial charge in [-0.2, -0.15) is 8.78 Å². The maximum atomic E-state index is 10.2. The Morgan fingerprint density at radius 2 is 1.43 bits per heavy atom. The molecule has 0 aromatic rings. The SMILES string of the molecule is Br.FC=C(F)F.[Zn]. The Hall–Kier alpha value is 0.633. The van der Waals surface area contributed by atoms with Gasteiger partial charge in [-0.05, 0) is 0 Å². The van der Waals surface area contributed by atoms with Crippen LogP contribution in [-0.4, -0.2) is 0 Å². The second-order valence-electron chi connectivity index (χ2n) is 0.399. The van der Waals surface area contributed by atoms with Crippen LogP contribution in [0.25, 0.3) is 0 Å². The standard InChI is InChI=1S/C2HF3.BrH.Zn/c3-1-2(4)5;;/h1H;1H;. The first kappa shape index (κ1) is 15.6. The Morgan fingerprint density at radius 3 is 1.43 bits per heavy atom. The molecule has 0 aromatic heterocycles. The summed E-state index contributed by atoms with van der Waals surface area (Å²) in [6.07, 6.45) is -3.04. The molecule has 0 rings (SSSR count). The molecule has 0 aromatic carbocycles. The normalized spacial score (nSPS) is 5.00. The fraction of sp³-hybridized carbons (Fsp3) is 0. The van der Waals surface area contributed by atoms with Crippen LogP contribution in [0.5, 0.6) is 0 Å². The van der Waals surface area contributed by atoms with Gasteiger partial charge in [-0.25, -0.2) is 4.39 Å². The Labute approximate surface area is 62.3 Å². The Bertz CT molecular complexity index is 50.9. The second kappa shape index (κ2) is 9.81. The van der Waals surface area contributed by atoms with Crippen molar-refractivity contribution >= 4 is 17.0 Å². The smallest absolute Gasteiger partial charge is 0.210 e. The Kier molecular flexibility index (Phi) is 21.9. The van der Waals surface area contributed by atoms with E-state index in [0.717, 1.165) is 0 Å². The second-order valence-corrected chi connectivity index (χ2v) is 0.399. The summed E-state index contributed by atoms with van der Waals surface area (Å²) >= 11 is 0. The van der Waals surface area contributed by atoms with Gasteiger partial charge in [0.1, 0.15) is 0 Å². The van der Waals surface area contributed by atoms with E-state index in [1.165, 1.54) is 0 Å². The van der Waals surface area contributed by atoms with Gasteiger partial charge in [-0.3, -0.25) is 0 Å². The van der Waals surface area contributed by atoms with Crippen LogP contribution in [0, 0.1) is 0 Å². The average Bonchev–Trinajstić information content (AvgIpc) is 1.38. The van der Waals surface area contributed by atoms with E-state index in [0.29, 0.717) is 0 Å². The van der Waals surface area contributed by atoms with E-state index in [9.17, 15) is 13.2 Å². The van der Waals surface area contributed by atoms with Crippen molar-refractivity contribution in [2.24, 2.45) is 0 Å². The van der Waals surface area contributed by atoms with Crippen LogP contribution in [0.15, 0.2) is 12.4 Å². The molecule has 0 nitrogen and oxygen atoms in total. The summed E-state index contributed by atoms with van der Waals surface area (Å²) in [4.78, 5) is 0. The van der Waals surface area contributed by atoms with Gasteiger partial charge in [0.2, 0.25) is 0 Å². The topological polar surface area (TPSA) is 0 Å². The van der Waals surface area contributed by atoms with E-state index in [1.807, 2.05) is 0 Å². The van der Waals surface area contributed by atoms with Crippen molar-refractivity contribution in [1.82, 2.24) is 0 Å². The summed E-state index contributed by atoms with van der Waals surface area (Å²) in [6.45, 7) is 0. The van der Waals surface area contributed by atoms with E-state index >= 15 is 0 Å². The minimum absolute atomic E-state index is 0. The third-order valence-electron chi connectivity index (χ3n) is 0.0825. The fourth-order valence-corrected chi connectivity index (χ4v) is 0. The zero-order valence-corrected chi connectivity index (χ0v) is 8.01. The monoisotopic (exact) mass is 226 g/mol. The van der Waals surface area contributed by atoms with Crippen LogP contribution in [0.4, 0.5) is 13.2 Å². The van der Waals surface area contributed by atoms with Crippen molar-refractivity contribution in [2.75, 3.05) is 0 Å². The molecule has 0 radical (unpaired) electrons. The van der Waals surface area contributed by atoms with Crippen LogP contribution in [0.2, 0.25) is 0 Å². The zero-order valence-electron chi connectivity index (χ0n) is 3.33. The van der Waals surface area contributed by atoms with Crippen LogP contribution in [-0.2, 0) is 19.5 Å². The molecule has 0 amide bonds. The van der Waals surface area contributed by atoms with Gasteiger partial charge in [0.15, 0.2) is 6.33 Å². The van der Waals surface area contributed by atoms with Gasteiger partial charge in [0.25, 0.3) is 6.08 Å². The van der Waals surface area contributed by atoms with E-state index < -0.39 is 12.4 Å². The van der Waals surface area contributed by atoms with Gasteiger partial charge >= 0.3 is 0 Å². The third-order valence-corrected chi connectivity index (χ3v) is 0.0825. The molecule has 0 saturated carbocycles. The van der Waals surface area contributed by atoms with Gasteiger partial charge < -0.3 is 0 Å². The molecule has 0 N–H and O–H groups in total. The third kappa shape index (κ3) is 20.5. The summed E-state index contributed by atoms with van der Waals surface area (Å²) in [7, 11) is 0. The molecule has 0 aliphatic rings. The van der Waals surface area contributed by atoms with Crippen LogP contribution in [0.3, 0.4) is 0 Å². The number of hydrogen-bond acceptors (Lipinski definition) is 0. The maximum Gasteiger partial charge on any atom is 0.298 e. The van der Waals surface area contributed by atoms with Crippen molar-refractivity contribution in [2.45, 2.75) is 0 Å². The van der Waals surface area contributed by atoms with Crippen molar-refractivity contribution in [3.63, 3.8) is 0 Å². The summed E-state index contributed by atoms with van der Waals surface area (Å²) in [5, 5.41) is 0. The van der Waals surface area contributed by atoms with Crippen molar-refractivity contribution < 1.29 is 32.6 Å². The summed E-state index contributed by atoms with van der Waals surface area (Å²) in [6, 6.07) is 0. The molecule has 0 unspecified atom stereocenters. The molecule has 0 atom stereocenters. The summed E-state index contributed by atoms with van der Waals surface area (Å²) in [5.41, 5.74) is 0. The van der Waals surface area contributed by atoms with Gasteiger partial charge in [-0.1, -0.05) is 0 Å². The molecule has 0 aliphatic carbocycles. The van der Waals surface area contributed by atoms with E-state index in [2.05, 4.69) is 0 Å². The quantitative estimate of drug-likeness (QED) is 0.558. The zero-order chi connectivity index (χ0) is 4.28. The van der Waals surface area contributed by atoms with Gasteiger partial charge in [0, 0.05) is 19.5 Å². The minimum atomic E-state index is -2.29. The average molecular weight is 228 g/mol. The van der Waals surface area contributed by atoms with Crippen LogP contribution < -0.4 is 0 Å². The van der Waals surface area contributed by atoms with E-state index in [4.69, 9.17) is 0 Å². The first-order chi connectivity index (χ1) is 2.27. The van der Waals surface area contributed by atoms with Crippen LogP contribution >= 0.6 is 17.0 Å². The first-order valence-electron chi connectivity index (χ1n) is 0.885. The van der Waals surface area contributed by atoms with Gasteiger partial charge in [0.05, 0.1) is 0 Å². The predicted octanol–water partition coefficient (Wildman–Crippen LogP) is 2.27. The molecular weight excluding hydrogens is 226 g/mol. The van der Waals surface area contributed by atoms with Gasteiger partial charge in [-0.15, -0.1) is 17.0 Å². The fourth-order valence-electron chi connectivity index (χ4n) is 0. The molecule has 5 heteroatoms. The molecule has 7 heavy (non-hydrogen) atoms. The largest absolute Gasteiger partial charge is 0.298 e. The molecule has 0 bridgehead atoms. The molecular formula is C2H2BrF3Zn. The molecule has 0 heterocycles. The van der Waals surface area contributed by atoms with Crippen molar-refractivity contribution in [3.05, 3.63) is 12.4 Å². The summed E-state index contributed by atoms with van der Waals surface area (Å²) < 4.78 is 30.7. The van der Waals surface area contributed by atoms with E-state index in [-0.39, 0.29) is 36.5 Å². The van der Waals surface area contributed by atoms with Crippen LogP contribution in [0.1, 0.15) is 0 Å². The molecule has 0 spiro atoms. The number of hydrogen-bond donors (Lipinski definition) is 0. The van der Waals surface area contributed by atoms with Crippen molar-refractivity contribution in [3.8, 4) is 0 Å². The Balaban J connectivity index is -0.0000000800. The molecule has 0 fully saturated rings. The van der Waals surface area contributed by atoms with Crippen molar-refractivity contribution in [1.29, 1.82) is 0 Å². The Morgan fingerprint density at radius 1 is 1.29 bits per heavy atom. The predicted molar refractivity (Wildman–Crippen MR) is 21.7 cm³/mol. The summed E-state index contributed by atoms with van der Waals surface area (Å²) in [5.74, 6) is 0. The maximum absolute atomic E-state index is 10.2. The van der Waals surface area contributed by atoms with E-state index in [1.54, 1.807) is 0 Å². The number of rotatable bonds is 0.